The topological polar surface area (TPSA) is 83.0 Å². The molecule has 0 atom stereocenters. The van der Waals surface area contributed by atoms with Crippen molar-refractivity contribution in [3.8, 4) is 0 Å². The molecule has 4 heterocycles. The summed E-state index contributed by atoms with van der Waals surface area (Å²) in [5.74, 6) is 2.96. The van der Waals surface area contributed by atoms with Gasteiger partial charge in [0.05, 0.1) is 0 Å². The summed E-state index contributed by atoms with van der Waals surface area (Å²) in [7, 11) is 0. The van der Waals surface area contributed by atoms with Gasteiger partial charge >= 0.3 is 0 Å². The lowest BCUT2D eigenvalue weighted by Gasteiger charge is -2.36. The summed E-state index contributed by atoms with van der Waals surface area (Å²) < 4.78 is 0. The quantitative estimate of drug-likeness (QED) is 0.732. The summed E-state index contributed by atoms with van der Waals surface area (Å²) in [6, 6.07) is 4.62. The largest absolute Gasteiger partial charge is 0.348 e. The summed E-state index contributed by atoms with van der Waals surface area (Å²) in [5.41, 5.74) is 4.14. The highest BCUT2D eigenvalue weighted by molar-refractivity contribution is 6.04. The molecule has 1 aliphatic carbocycles. The SMILES string of the molecule is CC(=O)C1=C(C)c2cnc(Nc3ccc(C4CCNCC4)cn3)nc2N(C2CCCC2)C1. The van der Waals surface area contributed by atoms with E-state index in [1.54, 1.807) is 6.92 Å². The number of hydrogen-bond donors (Lipinski definition) is 2. The third-order valence-corrected chi connectivity index (χ3v) is 7.25. The number of pyridine rings is 1. The zero-order chi connectivity index (χ0) is 22.1. The number of aromatic nitrogens is 3. The molecule has 0 radical (unpaired) electrons. The summed E-state index contributed by atoms with van der Waals surface area (Å²) in [6.45, 7) is 6.46. The molecule has 1 saturated carbocycles. The number of fused-ring (bicyclic) bond motifs is 1. The Morgan fingerprint density at radius 1 is 1.09 bits per heavy atom. The first kappa shape index (κ1) is 21.1. The molecule has 0 unspecified atom stereocenters. The summed E-state index contributed by atoms with van der Waals surface area (Å²) in [6.07, 6.45) is 10.9. The van der Waals surface area contributed by atoms with Crippen LogP contribution in [0, 0.1) is 0 Å². The van der Waals surface area contributed by atoms with Crippen LogP contribution >= 0.6 is 0 Å². The standard InChI is InChI=1S/C25H32N6O/c1-16-21-14-28-25(29-23-8-7-19(13-27-23)18-9-11-26-12-10-18)30-24(21)31(15-22(16)17(2)32)20-5-3-4-6-20/h7-8,13-14,18,20,26H,3-6,9-12,15H2,1-2H3,(H,27,28,29,30). The van der Waals surface area contributed by atoms with Crippen molar-refractivity contribution >= 4 is 28.9 Å². The van der Waals surface area contributed by atoms with E-state index in [-0.39, 0.29) is 5.78 Å². The normalized spacial score (nSPS) is 19.9. The molecule has 7 nitrogen and oxygen atoms in total. The summed E-state index contributed by atoms with van der Waals surface area (Å²) in [5, 5.41) is 6.70. The van der Waals surface area contributed by atoms with Crippen molar-refractivity contribution in [2.75, 3.05) is 29.9 Å². The van der Waals surface area contributed by atoms with Gasteiger partial charge in [-0.25, -0.2) is 9.97 Å². The van der Waals surface area contributed by atoms with Crippen molar-refractivity contribution in [1.29, 1.82) is 0 Å². The van der Waals surface area contributed by atoms with E-state index in [0.29, 0.717) is 24.5 Å². The number of Topliss-reactive ketones (excluding diaryl/α,β-unsaturated/α-hetero) is 1. The van der Waals surface area contributed by atoms with Crippen LogP contribution in [-0.4, -0.2) is 46.4 Å². The first-order chi connectivity index (χ1) is 15.6. The van der Waals surface area contributed by atoms with Crippen LogP contribution in [0.25, 0.3) is 5.57 Å². The van der Waals surface area contributed by atoms with Crippen LogP contribution in [0.2, 0.25) is 0 Å². The number of piperidine rings is 1. The monoisotopic (exact) mass is 432 g/mol. The van der Waals surface area contributed by atoms with Gasteiger partial charge in [0, 0.05) is 36.1 Å². The van der Waals surface area contributed by atoms with Gasteiger partial charge in [0.25, 0.3) is 0 Å². The van der Waals surface area contributed by atoms with E-state index in [9.17, 15) is 4.79 Å². The van der Waals surface area contributed by atoms with Gasteiger partial charge in [0.15, 0.2) is 5.78 Å². The van der Waals surface area contributed by atoms with Gasteiger partial charge < -0.3 is 15.5 Å². The molecule has 0 spiro atoms. The molecule has 1 saturated heterocycles. The molecular weight excluding hydrogens is 400 g/mol. The Morgan fingerprint density at radius 3 is 2.56 bits per heavy atom. The van der Waals surface area contributed by atoms with Crippen LogP contribution in [0.4, 0.5) is 17.6 Å². The molecule has 7 heteroatoms. The third kappa shape index (κ3) is 4.13. The maximum atomic E-state index is 12.3. The van der Waals surface area contributed by atoms with E-state index >= 15 is 0 Å². The fourth-order valence-electron chi connectivity index (χ4n) is 5.33. The first-order valence-electron chi connectivity index (χ1n) is 11.9. The average Bonchev–Trinajstić information content (AvgIpc) is 3.35. The number of carbonyl (C=O) groups excluding carboxylic acids is 1. The maximum Gasteiger partial charge on any atom is 0.230 e. The summed E-state index contributed by atoms with van der Waals surface area (Å²) >= 11 is 0. The average molecular weight is 433 g/mol. The summed E-state index contributed by atoms with van der Waals surface area (Å²) in [4.78, 5) is 28.7. The Labute approximate surface area is 189 Å². The number of rotatable bonds is 5. The molecule has 0 bridgehead atoms. The van der Waals surface area contributed by atoms with Gasteiger partial charge in [-0.05, 0) is 75.7 Å². The van der Waals surface area contributed by atoms with E-state index < -0.39 is 0 Å². The Morgan fingerprint density at radius 2 is 1.88 bits per heavy atom. The minimum absolute atomic E-state index is 0.136. The number of hydrogen-bond acceptors (Lipinski definition) is 7. The van der Waals surface area contributed by atoms with Crippen molar-refractivity contribution in [2.45, 2.75) is 64.3 Å². The number of anilines is 3. The van der Waals surface area contributed by atoms with Crippen molar-refractivity contribution in [2.24, 2.45) is 0 Å². The van der Waals surface area contributed by atoms with Crippen molar-refractivity contribution < 1.29 is 4.79 Å². The fraction of sp³-hybridized carbons (Fsp3) is 0.520. The highest BCUT2D eigenvalue weighted by atomic mass is 16.1. The van der Waals surface area contributed by atoms with Gasteiger partial charge in [-0.2, -0.15) is 4.98 Å². The fourth-order valence-corrected chi connectivity index (χ4v) is 5.33. The van der Waals surface area contributed by atoms with Gasteiger partial charge in [-0.1, -0.05) is 18.9 Å². The zero-order valence-corrected chi connectivity index (χ0v) is 19.0. The highest BCUT2D eigenvalue weighted by Crippen LogP contribution is 2.38. The van der Waals surface area contributed by atoms with E-state index in [1.165, 1.54) is 18.4 Å². The lowest BCUT2D eigenvalue weighted by molar-refractivity contribution is -0.113. The molecule has 2 aliphatic heterocycles. The molecule has 2 aromatic heterocycles. The first-order valence-corrected chi connectivity index (χ1v) is 11.9. The van der Waals surface area contributed by atoms with Crippen molar-refractivity contribution in [3.05, 3.63) is 41.2 Å². The van der Waals surface area contributed by atoms with E-state index in [4.69, 9.17) is 4.98 Å². The van der Waals surface area contributed by atoms with Crippen molar-refractivity contribution in [3.63, 3.8) is 0 Å². The predicted octanol–water partition coefficient (Wildman–Crippen LogP) is 4.21. The third-order valence-electron chi connectivity index (χ3n) is 7.25. The molecule has 168 valence electrons. The van der Waals surface area contributed by atoms with Crippen LogP contribution < -0.4 is 15.5 Å². The second-order valence-corrected chi connectivity index (χ2v) is 9.28. The van der Waals surface area contributed by atoms with E-state index in [0.717, 1.165) is 67.1 Å². The lowest BCUT2D eigenvalue weighted by atomic mass is 9.91. The van der Waals surface area contributed by atoms with Gasteiger partial charge in [0.1, 0.15) is 11.6 Å². The predicted molar refractivity (Wildman–Crippen MR) is 127 cm³/mol. The molecule has 32 heavy (non-hydrogen) atoms. The molecule has 2 aromatic rings. The molecule has 0 amide bonds. The number of ketones is 1. The lowest BCUT2D eigenvalue weighted by Crippen LogP contribution is -2.39. The minimum Gasteiger partial charge on any atom is -0.348 e. The molecule has 2 N–H and O–H groups in total. The molecule has 5 rings (SSSR count). The Kier molecular flexibility index (Phi) is 5.91. The Hall–Kier alpha value is -2.80. The van der Waals surface area contributed by atoms with Gasteiger partial charge in [0.2, 0.25) is 5.95 Å². The second kappa shape index (κ2) is 8.98. The Bertz CT molecular complexity index is 1020. The van der Waals surface area contributed by atoms with Gasteiger partial charge in [-0.15, -0.1) is 0 Å². The Balaban J connectivity index is 1.40. The highest BCUT2D eigenvalue weighted by Gasteiger charge is 2.32. The number of carbonyl (C=O) groups is 1. The van der Waals surface area contributed by atoms with Crippen LogP contribution in [0.15, 0.2) is 30.1 Å². The van der Waals surface area contributed by atoms with Crippen LogP contribution in [0.5, 0.6) is 0 Å². The van der Waals surface area contributed by atoms with E-state index in [1.807, 2.05) is 25.4 Å². The zero-order valence-electron chi connectivity index (χ0n) is 19.0. The maximum absolute atomic E-state index is 12.3. The van der Waals surface area contributed by atoms with E-state index in [2.05, 4.69) is 31.6 Å². The molecular formula is C25H32N6O. The van der Waals surface area contributed by atoms with Crippen LogP contribution in [-0.2, 0) is 4.79 Å². The van der Waals surface area contributed by atoms with Crippen LogP contribution in [0.1, 0.15) is 69.4 Å². The van der Waals surface area contributed by atoms with Crippen molar-refractivity contribution in [1.82, 2.24) is 20.3 Å². The molecule has 3 aliphatic rings. The number of nitrogens with zero attached hydrogens (tertiary/aromatic N) is 4. The minimum atomic E-state index is 0.136. The van der Waals surface area contributed by atoms with Crippen LogP contribution in [0.3, 0.4) is 0 Å². The number of nitrogens with one attached hydrogen (secondary N) is 2. The van der Waals surface area contributed by atoms with Gasteiger partial charge in [-0.3, -0.25) is 4.79 Å². The smallest absolute Gasteiger partial charge is 0.230 e. The second-order valence-electron chi connectivity index (χ2n) is 9.28. The molecule has 0 aromatic carbocycles. The number of allylic oxidation sites excluding steroid dienone is 1. The molecule has 2 fully saturated rings.